The largest absolute Gasteiger partial charge is 0.385 e. The van der Waals surface area contributed by atoms with Crippen molar-refractivity contribution in [2.24, 2.45) is 5.41 Å². The van der Waals surface area contributed by atoms with Crippen LogP contribution in [-0.2, 0) is 9.47 Å². The zero-order valence-corrected chi connectivity index (χ0v) is 9.14. The number of ether oxygens (including phenoxy) is 2. The van der Waals surface area contributed by atoms with Crippen molar-refractivity contribution in [2.45, 2.75) is 32.9 Å². The standard InChI is InChI=1S/C10H21NO2/c1-9(2)7-11-10(3,13-8-9)5-6-12-4/h11H,5-8H2,1-4H3. The Kier molecular flexibility index (Phi) is 3.33. The van der Waals surface area contributed by atoms with Gasteiger partial charge in [-0.25, -0.2) is 0 Å². The molecule has 1 aliphatic heterocycles. The Balaban J connectivity index is 2.37. The molecule has 1 rings (SSSR count). The Morgan fingerprint density at radius 1 is 1.38 bits per heavy atom. The van der Waals surface area contributed by atoms with Crippen molar-refractivity contribution in [3.05, 3.63) is 0 Å². The Morgan fingerprint density at radius 2 is 2.08 bits per heavy atom. The van der Waals surface area contributed by atoms with Gasteiger partial charge in [0.25, 0.3) is 0 Å². The molecule has 0 radical (unpaired) electrons. The van der Waals surface area contributed by atoms with Gasteiger partial charge in [0.1, 0.15) is 5.72 Å². The number of methoxy groups -OCH3 is 1. The highest BCUT2D eigenvalue weighted by Gasteiger charge is 2.34. The van der Waals surface area contributed by atoms with E-state index in [9.17, 15) is 0 Å². The maximum atomic E-state index is 5.79. The molecule has 78 valence electrons. The minimum Gasteiger partial charge on any atom is -0.385 e. The van der Waals surface area contributed by atoms with Gasteiger partial charge in [-0.1, -0.05) is 13.8 Å². The molecule has 0 bridgehead atoms. The Morgan fingerprint density at radius 3 is 2.54 bits per heavy atom. The number of hydrogen-bond donors (Lipinski definition) is 1. The van der Waals surface area contributed by atoms with Gasteiger partial charge in [-0.2, -0.15) is 0 Å². The molecule has 1 fully saturated rings. The molecular formula is C10H21NO2. The number of hydrogen-bond acceptors (Lipinski definition) is 3. The lowest BCUT2D eigenvalue weighted by Crippen LogP contribution is -2.56. The fourth-order valence-corrected chi connectivity index (χ4v) is 1.34. The van der Waals surface area contributed by atoms with Crippen molar-refractivity contribution in [1.29, 1.82) is 0 Å². The second kappa shape index (κ2) is 3.95. The highest BCUT2D eigenvalue weighted by atomic mass is 16.5. The monoisotopic (exact) mass is 187 g/mol. The second-order valence-electron chi connectivity index (χ2n) is 4.78. The van der Waals surface area contributed by atoms with Gasteiger partial charge in [-0.15, -0.1) is 0 Å². The highest BCUT2D eigenvalue weighted by Crippen LogP contribution is 2.25. The maximum absolute atomic E-state index is 5.79. The van der Waals surface area contributed by atoms with Gasteiger partial charge < -0.3 is 9.47 Å². The highest BCUT2D eigenvalue weighted by molar-refractivity contribution is 4.84. The fourth-order valence-electron chi connectivity index (χ4n) is 1.34. The van der Waals surface area contributed by atoms with Crippen molar-refractivity contribution in [2.75, 3.05) is 26.9 Å². The lowest BCUT2D eigenvalue weighted by molar-refractivity contribution is -0.135. The molecule has 0 aromatic carbocycles. The summed E-state index contributed by atoms with van der Waals surface area (Å²) in [6.45, 7) is 9.06. The smallest absolute Gasteiger partial charge is 0.118 e. The lowest BCUT2D eigenvalue weighted by atomic mass is 9.91. The molecule has 1 N–H and O–H groups in total. The van der Waals surface area contributed by atoms with E-state index in [1.807, 2.05) is 0 Å². The van der Waals surface area contributed by atoms with Gasteiger partial charge in [-0.05, 0) is 6.92 Å². The molecule has 0 aromatic heterocycles. The third-order valence-corrected chi connectivity index (χ3v) is 2.51. The predicted molar refractivity (Wildman–Crippen MR) is 52.6 cm³/mol. The maximum Gasteiger partial charge on any atom is 0.118 e. The minimum atomic E-state index is -0.189. The molecule has 1 saturated heterocycles. The number of rotatable bonds is 3. The zero-order chi connectivity index (χ0) is 9.95. The van der Waals surface area contributed by atoms with Gasteiger partial charge in [-0.3, -0.25) is 5.32 Å². The van der Waals surface area contributed by atoms with E-state index in [1.54, 1.807) is 7.11 Å². The summed E-state index contributed by atoms with van der Waals surface area (Å²) in [4.78, 5) is 0. The first-order valence-corrected chi connectivity index (χ1v) is 4.85. The van der Waals surface area contributed by atoms with Crippen LogP contribution >= 0.6 is 0 Å². The molecule has 0 aromatic rings. The van der Waals surface area contributed by atoms with Crippen molar-refractivity contribution in [3.63, 3.8) is 0 Å². The number of nitrogens with one attached hydrogen (secondary N) is 1. The third kappa shape index (κ3) is 3.25. The Hall–Kier alpha value is -0.120. The van der Waals surface area contributed by atoms with E-state index >= 15 is 0 Å². The van der Waals surface area contributed by atoms with Crippen molar-refractivity contribution in [1.82, 2.24) is 5.32 Å². The first kappa shape index (κ1) is 11.0. The molecule has 1 aliphatic rings. The quantitative estimate of drug-likeness (QED) is 0.724. The molecule has 0 amide bonds. The molecule has 0 saturated carbocycles. The Bertz CT molecular complexity index is 158. The van der Waals surface area contributed by atoms with Crippen LogP contribution in [0.25, 0.3) is 0 Å². The molecule has 1 heterocycles. The van der Waals surface area contributed by atoms with E-state index in [4.69, 9.17) is 9.47 Å². The average Bonchev–Trinajstić information content (AvgIpc) is 2.08. The van der Waals surface area contributed by atoms with Gasteiger partial charge >= 0.3 is 0 Å². The van der Waals surface area contributed by atoms with Gasteiger partial charge in [0.15, 0.2) is 0 Å². The van der Waals surface area contributed by atoms with Crippen molar-refractivity contribution >= 4 is 0 Å². The van der Waals surface area contributed by atoms with Crippen LogP contribution in [0.5, 0.6) is 0 Å². The van der Waals surface area contributed by atoms with Gasteiger partial charge in [0.05, 0.1) is 13.2 Å². The molecule has 3 nitrogen and oxygen atoms in total. The van der Waals surface area contributed by atoms with Gasteiger partial charge in [0.2, 0.25) is 0 Å². The van der Waals surface area contributed by atoms with Crippen LogP contribution in [0.15, 0.2) is 0 Å². The normalized spacial score (nSPS) is 33.2. The fraction of sp³-hybridized carbons (Fsp3) is 1.00. The minimum absolute atomic E-state index is 0.189. The van der Waals surface area contributed by atoms with E-state index in [-0.39, 0.29) is 11.1 Å². The second-order valence-corrected chi connectivity index (χ2v) is 4.78. The third-order valence-electron chi connectivity index (χ3n) is 2.51. The van der Waals surface area contributed by atoms with Crippen LogP contribution in [0.2, 0.25) is 0 Å². The van der Waals surface area contributed by atoms with Gasteiger partial charge in [0, 0.05) is 25.5 Å². The van der Waals surface area contributed by atoms with Crippen LogP contribution < -0.4 is 5.32 Å². The van der Waals surface area contributed by atoms with Crippen LogP contribution in [0, 0.1) is 5.41 Å². The van der Waals surface area contributed by atoms with E-state index < -0.39 is 0 Å². The first-order valence-electron chi connectivity index (χ1n) is 4.85. The summed E-state index contributed by atoms with van der Waals surface area (Å²) < 4.78 is 10.8. The molecular weight excluding hydrogens is 166 g/mol. The van der Waals surface area contributed by atoms with Crippen LogP contribution in [0.1, 0.15) is 27.2 Å². The van der Waals surface area contributed by atoms with Crippen LogP contribution in [0.4, 0.5) is 0 Å². The Labute approximate surface area is 80.8 Å². The summed E-state index contributed by atoms with van der Waals surface area (Å²) in [7, 11) is 1.72. The van der Waals surface area contributed by atoms with Crippen molar-refractivity contribution in [3.8, 4) is 0 Å². The van der Waals surface area contributed by atoms with Crippen LogP contribution in [-0.4, -0.2) is 32.6 Å². The zero-order valence-electron chi connectivity index (χ0n) is 9.14. The van der Waals surface area contributed by atoms with Crippen molar-refractivity contribution < 1.29 is 9.47 Å². The summed E-state index contributed by atoms with van der Waals surface area (Å²) in [5, 5.41) is 3.42. The van der Waals surface area contributed by atoms with E-state index in [1.165, 1.54) is 0 Å². The molecule has 3 heteroatoms. The summed E-state index contributed by atoms with van der Waals surface area (Å²) in [6, 6.07) is 0. The summed E-state index contributed by atoms with van der Waals surface area (Å²) >= 11 is 0. The topological polar surface area (TPSA) is 30.5 Å². The molecule has 1 atom stereocenters. The first-order chi connectivity index (χ1) is 5.97. The molecule has 0 aliphatic carbocycles. The lowest BCUT2D eigenvalue weighted by Gasteiger charge is -2.42. The molecule has 0 spiro atoms. The molecule has 1 unspecified atom stereocenters. The summed E-state index contributed by atoms with van der Waals surface area (Å²) in [5.41, 5.74) is 0.0676. The summed E-state index contributed by atoms with van der Waals surface area (Å²) in [6.07, 6.45) is 0.902. The average molecular weight is 187 g/mol. The molecule has 13 heavy (non-hydrogen) atoms. The van der Waals surface area contributed by atoms with E-state index in [0.717, 1.165) is 26.2 Å². The van der Waals surface area contributed by atoms with E-state index in [0.29, 0.717) is 0 Å². The summed E-state index contributed by atoms with van der Waals surface area (Å²) in [5.74, 6) is 0. The van der Waals surface area contributed by atoms with E-state index in [2.05, 4.69) is 26.1 Å². The SMILES string of the molecule is COCCC1(C)NCC(C)(C)CO1. The van der Waals surface area contributed by atoms with Crippen LogP contribution in [0.3, 0.4) is 0 Å². The predicted octanol–water partition coefficient (Wildman–Crippen LogP) is 1.39.